The molecule has 0 unspecified atom stereocenters. The van der Waals surface area contributed by atoms with E-state index in [4.69, 9.17) is 10.00 Å². The van der Waals surface area contributed by atoms with Gasteiger partial charge in [-0.2, -0.15) is 5.26 Å². The van der Waals surface area contributed by atoms with Crippen LogP contribution in [0.25, 0.3) is 0 Å². The molecule has 0 aliphatic heterocycles. The summed E-state index contributed by atoms with van der Waals surface area (Å²) in [5, 5.41) is 16.6. The molecule has 5 nitrogen and oxygen atoms in total. The largest absolute Gasteiger partial charge is 0.469 e. The maximum atomic E-state index is 13.2. The Morgan fingerprint density at radius 3 is 2.94 bits per heavy atom. The van der Waals surface area contributed by atoms with Crippen LogP contribution in [0.4, 0.5) is 9.52 Å². The predicted octanol–water partition coefficient (Wildman–Crippen LogP) is 2.00. The zero-order valence-corrected chi connectivity index (χ0v) is 9.39. The first-order valence-corrected chi connectivity index (χ1v) is 5.50. The van der Waals surface area contributed by atoms with Crippen LogP contribution >= 0.6 is 11.3 Å². The van der Waals surface area contributed by atoms with E-state index in [-0.39, 0.29) is 12.5 Å². The Morgan fingerprint density at radius 1 is 1.47 bits per heavy atom. The van der Waals surface area contributed by atoms with Gasteiger partial charge in [0.2, 0.25) is 5.13 Å². The molecule has 0 aliphatic carbocycles. The molecular formula is C10H7FN4OS. The highest BCUT2D eigenvalue weighted by molar-refractivity contribution is 7.13. The highest BCUT2D eigenvalue weighted by Crippen LogP contribution is 2.18. The second-order valence-corrected chi connectivity index (χ2v) is 3.76. The van der Waals surface area contributed by atoms with E-state index in [1.54, 1.807) is 12.1 Å². The molecule has 1 heterocycles. The molecule has 2 aromatic rings. The molecule has 0 spiro atoms. The molecule has 1 aromatic carbocycles. The zero-order chi connectivity index (χ0) is 12.1. The van der Waals surface area contributed by atoms with Crippen LogP contribution in [0, 0.1) is 17.3 Å². The summed E-state index contributed by atoms with van der Waals surface area (Å²) in [6, 6.07) is 6.00. The Bertz CT molecular complexity index is 525. The van der Waals surface area contributed by atoms with E-state index in [1.165, 1.54) is 33.9 Å². The summed E-state index contributed by atoms with van der Waals surface area (Å²) in [5.74, 6) is -0.375. The number of anilines is 1. The minimum Gasteiger partial charge on any atom is -0.469 e. The van der Waals surface area contributed by atoms with Gasteiger partial charge < -0.3 is 4.74 Å². The molecule has 0 amide bonds. The number of benzene rings is 1. The van der Waals surface area contributed by atoms with E-state index in [2.05, 4.69) is 10.2 Å². The van der Waals surface area contributed by atoms with Gasteiger partial charge in [-0.25, -0.2) is 9.29 Å². The average molecular weight is 250 g/mol. The maximum absolute atomic E-state index is 13.2. The quantitative estimate of drug-likeness (QED) is 0.472. The van der Waals surface area contributed by atoms with E-state index < -0.39 is 5.82 Å². The van der Waals surface area contributed by atoms with E-state index in [9.17, 15) is 4.39 Å². The van der Waals surface area contributed by atoms with Gasteiger partial charge >= 0.3 is 0 Å². The summed E-state index contributed by atoms with van der Waals surface area (Å²) in [4.78, 5) is 1.18. The SMILES string of the molecule is N#CN(COc1ccccc1F)c1nncs1. The number of rotatable bonds is 4. The molecule has 0 N–H and O–H groups in total. The van der Waals surface area contributed by atoms with Crippen LogP contribution in [-0.2, 0) is 0 Å². The molecule has 1 aromatic heterocycles. The number of nitrogens with zero attached hydrogens (tertiary/aromatic N) is 4. The van der Waals surface area contributed by atoms with Gasteiger partial charge in [0, 0.05) is 0 Å². The number of hydrogen-bond donors (Lipinski definition) is 0. The lowest BCUT2D eigenvalue weighted by atomic mass is 10.3. The fourth-order valence-corrected chi connectivity index (χ4v) is 1.61. The third-order valence-corrected chi connectivity index (χ3v) is 2.60. The summed E-state index contributed by atoms with van der Waals surface area (Å²) in [6.07, 6.45) is 1.89. The van der Waals surface area contributed by atoms with Crippen molar-refractivity contribution in [2.75, 3.05) is 11.6 Å². The predicted molar refractivity (Wildman–Crippen MR) is 59.9 cm³/mol. The highest BCUT2D eigenvalue weighted by Gasteiger charge is 2.10. The lowest BCUT2D eigenvalue weighted by Gasteiger charge is -2.12. The Kier molecular flexibility index (Phi) is 3.47. The molecule has 86 valence electrons. The van der Waals surface area contributed by atoms with Gasteiger partial charge in [-0.3, -0.25) is 0 Å². The second-order valence-electron chi connectivity index (χ2n) is 2.95. The third-order valence-electron chi connectivity index (χ3n) is 1.89. The van der Waals surface area contributed by atoms with Crippen LogP contribution < -0.4 is 9.64 Å². The summed E-state index contributed by atoms with van der Waals surface area (Å²) < 4.78 is 18.4. The van der Waals surface area contributed by atoms with E-state index in [0.29, 0.717) is 5.13 Å². The topological polar surface area (TPSA) is 62.0 Å². The lowest BCUT2D eigenvalue weighted by Crippen LogP contribution is -2.22. The third kappa shape index (κ3) is 2.68. The van der Waals surface area contributed by atoms with Crippen LogP contribution in [0.3, 0.4) is 0 Å². The number of ether oxygens (including phenoxy) is 1. The van der Waals surface area contributed by atoms with Gasteiger partial charge in [0.25, 0.3) is 0 Å². The average Bonchev–Trinajstić information content (AvgIpc) is 2.86. The van der Waals surface area contributed by atoms with E-state index in [1.807, 2.05) is 6.19 Å². The summed E-state index contributed by atoms with van der Waals surface area (Å²) in [6.45, 7) is -0.105. The van der Waals surface area contributed by atoms with Crippen LogP contribution in [0.2, 0.25) is 0 Å². The first-order chi connectivity index (χ1) is 8.31. The van der Waals surface area contributed by atoms with Crippen LogP contribution in [0.1, 0.15) is 0 Å². The molecule has 0 radical (unpaired) electrons. The standard InChI is InChI=1S/C10H7FN4OS/c11-8-3-1-2-4-9(8)16-7-15(5-12)10-14-13-6-17-10/h1-4,6H,7H2. The fraction of sp³-hybridized carbons (Fsp3) is 0.100. The van der Waals surface area contributed by atoms with Crippen LogP contribution in [0.15, 0.2) is 29.8 Å². The number of halogens is 1. The Morgan fingerprint density at radius 2 is 2.29 bits per heavy atom. The maximum Gasteiger partial charge on any atom is 0.224 e. The van der Waals surface area contributed by atoms with Crippen molar-refractivity contribution in [3.05, 3.63) is 35.6 Å². The van der Waals surface area contributed by atoms with Gasteiger partial charge in [-0.15, -0.1) is 10.2 Å². The van der Waals surface area contributed by atoms with Gasteiger partial charge in [0.15, 0.2) is 24.5 Å². The minimum atomic E-state index is -0.470. The molecule has 17 heavy (non-hydrogen) atoms. The van der Waals surface area contributed by atoms with Gasteiger partial charge in [-0.1, -0.05) is 23.5 Å². The lowest BCUT2D eigenvalue weighted by molar-refractivity contribution is 0.309. The van der Waals surface area contributed by atoms with Crippen molar-refractivity contribution in [1.29, 1.82) is 5.26 Å². The summed E-state index contributed by atoms with van der Waals surface area (Å²) >= 11 is 1.20. The van der Waals surface area contributed by atoms with Crippen molar-refractivity contribution >= 4 is 16.5 Å². The zero-order valence-electron chi connectivity index (χ0n) is 8.58. The van der Waals surface area contributed by atoms with E-state index in [0.717, 1.165) is 0 Å². The summed E-state index contributed by atoms with van der Waals surface area (Å²) in [7, 11) is 0. The molecule has 7 heteroatoms. The Balaban J connectivity index is 2.03. The van der Waals surface area contributed by atoms with Crippen molar-refractivity contribution in [3.8, 4) is 11.9 Å². The number of hydrogen-bond acceptors (Lipinski definition) is 6. The van der Waals surface area contributed by atoms with E-state index >= 15 is 0 Å². The highest BCUT2D eigenvalue weighted by atomic mass is 32.1. The monoisotopic (exact) mass is 250 g/mol. The smallest absolute Gasteiger partial charge is 0.224 e. The van der Waals surface area contributed by atoms with Crippen LogP contribution in [0.5, 0.6) is 5.75 Å². The first kappa shape index (κ1) is 11.3. The van der Waals surface area contributed by atoms with Crippen molar-refractivity contribution in [2.45, 2.75) is 0 Å². The second kappa shape index (κ2) is 5.23. The van der Waals surface area contributed by atoms with Gasteiger partial charge in [0.1, 0.15) is 5.51 Å². The first-order valence-electron chi connectivity index (χ1n) is 4.62. The van der Waals surface area contributed by atoms with Gasteiger partial charge in [0.05, 0.1) is 0 Å². The number of para-hydroxylation sites is 1. The van der Waals surface area contributed by atoms with Crippen molar-refractivity contribution in [2.24, 2.45) is 0 Å². The van der Waals surface area contributed by atoms with Crippen molar-refractivity contribution < 1.29 is 9.13 Å². The molecule has 0 fully saturated rings. The molecule has 0 bridgehead atoms. The number of aromatic nitrogens is 2. The normalized spacial score (nSPS) is 9.65. The van der Waals surface area contributed by atoms with Crippen LogP contribution in [-0.4, -0.2) is 16.9 Å². The number of nitriles is 1. The Hall–Kier alpha value is -2.20. The molecule has 0 saturated heterocycles. The molecule has 2 rings (SSSR count). The Labute approximate surface area is 101 Å². The molecule has 0 aliphatic rings. The molecular weight excluding hydrogens is 243 g/mol. The molecule has 0 saturated carbocycles. The van der Waals surface area contributed by atoms with Gasteiger partial charge in [-0.05, 0) is 12.1 Å². The minimum absolute atomic E-state index is 0.0947. The van der Waals surface area contributed by atoms with Crippen molar-refractivity contribution in [1.82, 2.24) is 10.2 Å². The summed E-state index contributed by atoms with van der Waals surface area (Å²) in [5.41, 5.74) is 1.50. The molecule has 0 atom stereocenters. The fourth-order valence-electron chi connectivity index (χ4n) is 1.11. The van der Waals surface area contributed by atoms with Crippen molar-refractivity contribution in [3.63, 3.8) is 0 Å².